The maximum Gasteiger partial charge on any atom is 0.0991 e. The average Bonchev–Trinajstić information content (AvgIpc) is 2.85. The van der Waals surface area contributed by atoms with Crippen molar-refractivity contribution in [2.75, 3.05) is 6.54 Å². The van der Waals surface area contributed by atoms with Gasteiger partial charge in [0.15, 0.2) is 0 Å². The zero-order valence-electron chi connectivity index (χ0n) is 9.50. The highest BCUT2D eigenvalue weighted by Gasteiger charge is 2.00. The van der Waals surface area contributed by atoms with Crippen LogP contribution >= 0.6 is 0 Å². The Morgan fingerprint density at radius 1 is 1.29 bits per heavy atom. The van der Waals surface area contributed by atoms with Gasteiger partial charge in [-0.1, -0.05) is 0 Å². The molecule has 1 heterocycles. The molecule has 4 nitrogen and oxygen atoms in total. The molecule has 0 unspecified atom stereocenters. The van der Waals surface area contributed by atoms with Gasteiger partial charge in [-0.3, -0.25) is 0 Å². The van der Waals surface area contributed by atoms with Crippen molar-refractivity contribution in [3.05, 3.63) is 47.8 Å². The van der Waals surface area contributed by atoms with Gasteiger partial charge in [0.2, 0.25) is 0 Å². The molecule has 2 rings (SSSR count). The fourth-order valence-electron chi connectivity index (χ4n) is 1.63. The third-order valence-electron chi connectivity index (χ3n) is 2.57. The Morgan fingerprint density at radius 2 is 2.06 bits per heavy atom. The largest absolute Gasteiger partial charge is 0.330 e. The molecule has 2 N–H and O–H groups in total. The Hall–Kier alpha value is -2.12. The number of hydrogen-bond donors (Lipinski definition) is 1. The predicted molar refractivity (Wildman–Crippen MR) is 65.7 cm³/mol. The van der Waals surface area contributed by atoms with E-state index in [1.807, 2.05) is 29.2 Å². The molecule has 1 aromatic heterocycles. The molecular weight excluding hydrogens is 212 g/mol. The molecule has 0 aliphatic heterocycles. The number of rotatable bonds is 4. The van der Waals surface area contributed by atoms with E-state index in [9.17, 15) is 0 Å². The fourth-order valence-corrected chi connectivity index (χ4v) is 1.63. The molecule has 1 aromatic carbocycles. The molecule has 0 atom stereocenters. The van der Waals surface area contributed by atoms with E-state index in [0.29, 0.717) is 12.1 Å². The highest BCUT2D eigenvalue weighted by atomic mass is 15.3. The van der Waals surface area contributed by atoms with E-state index in [1.165, 1.54) is 5.56 Å². The number of hydrogen-bond acceptors (Lipinski definition) is 3. The molecule has 0 amide bonds. The average molecular weight is 226 g/mol. The summed E-state index contributed by atoms with van der Waals surface area (Å²) in [6, 6.07) is 9.45. The van der Waals surface area contributed by atoms with Crippen LogP contribution in [-0.4, -0.2) is 16.3 Å². The molecule has 0 spiro atoms. The van der Waals surface area contributed by atoms with Crippen LogP contribution in [0, 0.1) is 11.3 Å². The van der Waals surface area contributed by atoms with Gasteiger partial charge in [-0.15, -0.1) is 0 Å². The first-order valence-corrected chi connectivity index (χ1v) is 5.57. The summed E-state index contributed by atoms with van der Waals surface area (Å²) in [5.41, 5.74) is 8.27. The monoisotopic (exact) mass is 226 g/mol. The Bertz CT molecular complexity index is 519. The lowest BCUT2D eigenvalue weighted by Gasteiger charge is -2.00. The van der Waals surface area contributed by atoms with Gasteiger partial charge in [0.25, 0.3) is 0 Å². The second-order valence-corrected chi connectivity index (χ2v) is 3.84. The van der Waals surface area contributed by atoms with Crippen molar-refractivity contribution in [3.8, 4) is 11.8 Å². The topological polar surface area (TPSA) is 67.6 Å². The van der Waals surface area contributed by atoms with Crippen LogP contribution in [0.3, 0.4) is 0 Å². The normalized spacial score (nSPS) is 10.1. The van der Waals surface area contributed by atoms with Crippen molar-refractivity contribution in [2.45, 2.75) is 12.8 Å². The molecule has 0 aliphatic rings. The molecule has 2 aromatic rings. The van der Waals surface area contributed by atoms with Crippen LogP contribution in [0.25, 0.3) is 5.69 Å². The summed E-state index contributed by atoms with van der Waals surface area (Å²) in [7, 11) is 0. The smallest absolute Gasteiger partial charge is 0.0991 e. The van der Waals surface area contributed by atoms with Gasteiger partial charge >= 0.3 is 0 Å². The zero-order valence-corrected chi connectivity index (χ0v) is 9.50. The lowest BCUT2D eigenvalue weighted by molar-refractivity contribution is 0.831. The van der Waals surface area contributed by atoms with E-state index in [1.54, 1.807) is 12.1 Å². The van der Waals surface area contributed by atoms with Crippen LogP contribution in [0.5, 0.6) is 0 Å². The summed E-state index contributed by atoms with van der Waals surface area (Å²) < 4.78 is 1.81. The summed E-state index contributed by atoms with van der Waals surface area (Å²) in [6.45, 7) is 0.696. The Kier molecular flexibility index (Phi) is 3.53. The van der Waals surface area contributed by atoms with Crippen LogP contribution in [0.4, 0.5) is 0 Å². The van der Waals surface area contributed by atoms with E-state index < -0.39 is 0 Å². The first-order chi connectivity index (χ1) is 8.33. The molecule has 0 bridgehead atoms. The van der Waals surface area contributed by atoms with E-state index in [0.717, 1.165) is 18.5 Å². The zero-order chi connectivity index (χ0) is 12.1. The van der Waals surface area contributed by atoms with Crippen molar-refractivity contribution in [1.29, 1.82) is 5.26 Å². The third kappa shape index (κ3) is 2.71. The van der Waals surface area contributed by atoms with Gasteiger partial charge < -0.3 is 5.73 Å². The van der Waals surface area contributed by atoms with Gasteiger partial charge in [-0.2, -0.15) is 10.4 Å². The first kappa shape index (κ1) is 11.4. The van der Waals surface area contributed by atoms with Crippen molar-refractivity contribution in [3.63, 3.8) is 0 Å². The molecule has 0 saturated heterocycles. The van der Waals surface area contributed by atoms with E-state index >= 15 is 0 Å². The minimum Gasteiger partial charge on any atom is -0.330 e. The van der Waals surface area contributed by atoms with Gasteiger partial charge in [-0.05, 0) is 49.2 Å². The van der Waals surface area contributed by atoms with Crippen LogP contribution in [0.1, 0.15) is 17.5 Å². The van der Waals surface area contributed by atoms with Gasteiger partial charge in [0.05, 0.1) is 23.5 Å². The van der Waals surface area contributed by atoms with Gasteiger partial charge in [0, 0.05) is 6.20 Å². The quantitative estimate of drug-likeness (QED) is 0.861. The van der Waals surface area contributed by atoms with Crippen molar-refractivity contribution >= 4 is 0 Å². The summed E-state index contributed by atoms with van der Waals surface area (Å²) >= 11 is 0. The van der Waals surface area contributed by atoms with Crippen LogP contribution in [-0.2, 0) is 6.42 Å². The molecule has 17 heavy (non-hydrogen) atoms. The maximum absolute atomic E-state index is 8.72. The lowest BCUT2D eigenvalue weighted by atomic mass is 10.2. The number of aromatic nitrogens is 2. The van der Waals surface area contributed by atoms with Gasteiger partial charge in [-0.25, -0.2) is 4.68 Å². The second-order valence-electron chi connectivity index (χ2n) is 3.84. The fraction of sp³-hybridized carbons (Fsp3) is 0.231. The van der Waals surface area contributed by atoms with Crippen molar-refractivity contribution in [2.24, 2.45) is 5.73 Å². The first-order valence-electron chi connectivity index (χ1n) is 5.57. The summed E-state index contributed by atoms with van der Waals surface area (Å²) in [4.78, 5) is 0. The predicted octanol–water partition coefficient (Wildman–Crippen LogP) is 1.64. The highest BCUT2D eigenvalue weighted by Crippen LogP contribution is 2.10. The lowest BCUT2D eigenvalue weighted by Crippen LogP contribution is -1.99. The van der Waals surface area contributed by atoms with E-state index in [4.69, 9.17) is 11.0 Å². The SMILES string of the molecule is N#Cc1ccc(-n2cc(CCCN)cn2)cc1. The molecule has 0 aliphatic carbocycles. The molecule has 86 valence electrons. The second kappa shape index (κ2) is 5.28. The number of aryl methyl sites for hydroxylation is 1. The van der Waals surface area contributed by atoms with Gasteiger partial charge in [0.1, 0.15) is 0 Å². The summed E-state index contributed by atoms with van der Waals surface area (Å²) in [5, 5.41) is 13.0. The summed E-state index contributed by atoms with van der Waals surface area (Å²) in [6.07, 6.45) is 5.77. The molecule has 0 saturated carbocycles. The Morgan fingerprint density at radius 3 is 2.71 bits per heavy atom. The third-order valence-corrected chi connectivity index (χ3v) is 2.57. The highest BCUT2D eigenvalue weighted by molar-refractivity contribution is 5.39. The molecular formula is C13H14N4. The Balaban J connectivity index is 2.16. The molecule has 0 fully saturated rings. The van der Waals surface area contributed by atoms with E-state index in [2.05, 4.69) is 11.2 Å². The van der Waals surface area contributed by atoms with E-state index in [-0.39, 0.29) is 0 Å². The number of nitrogens with two attached hydrogens (primary N) is 1. The minimum absolute atomic E-state index is 0.657. The minimum atomic E-state index is 0.657. The number of nitrogens with zero attached hydrogens (tertiary/aromatic N) is 3. The van der Waals surface area contributed by atoms with Crippen LogP contribution in [0.2, 0.25) is 0 Å². The van der Waals surface area contributed by atoms with Crippen LogP contribution < -0.4 is 5.73 Å². The molecule has 4 heteroatoms. The standard InChI is InChI=1S/C13H14N4/c14-7-1-2-12-9-16-17(10-12)13-5-3-11(8-15)4-6-13/h3-6,9-10H,1-2,7,14H2. The summed E-state index contributed by atoms with van der Waals surface area (Å²) in [5.74, 6) is 0. The number of benzene rings is 1. The Labute approximate surface area is 100 Å². The van der Waals surface area contributed by atoms with Crippen molar-refractivity contribution in [1.82, 2.24) is 9.78 Å². The number of nitriles is 1. The molecule has 0 radical (unpaired) electrons. The maximum atomic E-state index is 8.72. The van der Waals surface area contributed by atoms with Crippen molar-refractivity contribution < 1.29 is 0 Å². The van der Waals surface area contributed by atoms with Crippen LogP contribution in [0.15, 0.2) is 36.7 Å².